The van der Waals surface area contributed by atoms with E-state index < -0.39 is 5.97 Å². The molecular formula is C16H15FO2. The maximum absolute atomic E-state index is 13.3. The average Bonchev–Trinajstić information content (AvgIpc) is 2.43. The van der Waals surface area contributed by atoms with Crippen LogP contribution in [0.5, 0.6) is 5.75 Å². The third-order valence-electron chi connectivity index (χ3n) is 2.95. The summed E-state index contributed by atoms with van der Waals surface area (Å²) in [7, 11) is 0. The molecule has 2 nitrogen and oxygen atoms in total. The lowest BCUT2D eigenvalue weighted by atomic mass is 10.1. The van der Waals surface area contributed by atoms with Crippen LogP contribution in [-0.4, -0.2) is 5.97 Å². The number of ether oxygens (including phenoxy) is 1. The van der Waals surface area contributed by atoms with E-state index in [4.69, 9.17) is 4.74 Å². The second kappa shape index (κ2) is 5.65. The van der Waals surface area contributed by atoms with Crippen molar-refractivity contribution in [2.75, 3.05) is 0 Å². The molecule has 0 aromatic heterocycles. The zero-order chi connectivity index (χ0) is 13.8. The minimum Gasteiger partial charge on any atom is -0.423 e. The molecule has 0 heterocycles. The van der Waals surface area contributed by atoms with Crippen LogP contribution < -0.4 is 4.74 Å². The van der Waals surface area contributed by atoms with Gasteiger partial charge in [0.15, 0.2) is 0 Å². The lowest BCUT2D eigenvalue weighted by Gasteiger charge is -2.06. The predicted molar refractivity (Wildman–Crippen MR) is 71.9 cm³/mol. The fourth-order valence-electron chi connectivity index (χ4n) is 1.68. The van der Waals surface area contributed by atoms with Crippen molar-refractivity contribution >= 4 is 5.97 Å². The molecule has 0 aliphatic carbocycles. The van der Waals surface area contributed by atoms with Gasteiger partial charge in [-0.3, -0.25) is 0 Å². The van der Waals surface area contributed by atoms with E-state index in [0.29, 0.717) is 11.1 Å². The van der Waals surface area contributed by atoms with Crippen molar-refractivity contribution in [3.8, 4) is 5.75 Å². The molecule has 0 fully saturated rings. The summed E-state index contributed by atoms with van der Waals surface area (Å²) in [4.78, 5) is 11.9. The smallest absolute Gasteiger partial charge is 0.343 e. The van der Waals surface area contributed by atoms with Crippen LogP contribution in [0.25, 0.3) is 0 Å². The number of hydrogen-bond acceptors (Lipinski definition) is 2. The van der Waals surface area contributed by atoms with Gasteiger partial charge in [0.25, 0.3) is 0 Å². The topological polar surface area (TPSA) is 26.3 Å². The Morgan fingerprint density at radius 3 is 2.42 bits per heavy atom. The molecule has 0 radical (unpaired) electrons. The van der Waals surface area contributed by atoms with Gasteiger partial charge in [-0.25, -0.2) is 9.18 Å². The first kappa shape index (κ1) is 13.3. The van der Waals surface area contributed by atoms with Crippen molar-refractivity contribution in [2.24, 2.45) is 0 Å². The molecule has 2 aromatic rings. The third-order valence-corrected chi connectivity index (χ3v) is 2.95. The number of carbonyl (C=O) groups excluding carboxylic acids is 1. The highest BCUT2D eigenvalue weighted by Crippen LogP contribution is 2.17. The maximum Gasteiger partial charge on any atom is 0.343 e. The fraction of sp³-hybridized carbons (Fsp3) is 0.188. The SMILES string of the molecule is CCc1ccc(C(=O)Oc2ccc(C)c(F)c2)cc1. The molecule has 0 aliphatic rings. The molecule has 0 saturated carbocycles. The first-order valence-corrected chi connectivity index (χ1v) is 6.17. The molecule has 0 atom stereocenters. The van der Waals surface area contributed by atoms with Crippen molar-refractivity contribution in [2.45, 2.75) is 20.3 Å². The normalized spacial score (nSPS) is 10.3. The van der Waals surface area contributed by atoms with Crippen molar-refractivity contribution < 1.29 is 13.9 Å². The number of benzene rings is 2. The zero-order valence-electron chi connectivity index (χ0n) is 10.9. The van der Waals surface area contributed by atoms with E-state index in [1.807, 2.05) is 19.1 Å². The molecule has 98 valence electrons. The zero-order valence-corrected chi connectivity index (χ0v) is 10.9. The highest BCUT2D eigenvalue weighted by molar-refractivity contribution is 5.91. The number of hydrogen-bond donors (Lipinski definition) is 0. The minimum atomic E-state index is -0.481. The van der Waals surface area contributed by atoms with Crippen LogP contribution in [0.3, 0.4) is 0 Å². The van der Waals surface area contributed by atoms with Gasteiger partial charge in [-0.05, 0) is 42.7 Å². The molecule has 0 aliphatic heterocycles. The molecule has 2 rings (SSSR count). The molecule has 19 heavy (non-hydrogen) atoms. The number of esters is 1. The lowest BCUT2D eigenvalue weighted by Crippen LogP contribution is -2.08. The lowest BCUT2D eigenvalue weighted by molar-refractivity contribution is 0.0734. The molecule has 0 spiro atoms. The van der Waals surface area contributed by atoms with E-state index in [1.54, 1.807) is 31.2 Å². The Morgan fingerprint density at radius 2 is 1.84 bits per heavy atom. The van der Waals surface area contributed by atoms with Crippen molar-refractivity contribution in [1.82, 2.24) is 0 Å². The predicted octanol–water partition coefficient (Wildman–Crippen LogP) is 3.92. The van der Waals surface area contributed by atoms with E-state index in [9.17, 15) is 9.18 Å². The molecule has 3 heteroatoms. The van der Waals surface area contributed by atoms with Gasteiger partial charge < -0.3 is 4.74 Å². The van der Waals surface area contributed by atoms with Crippen LogP contribution in [0.15, 0.2) is 42.5 Å². The van der Waals surface area contributed by atoms with Crippen LogP contribution in [-0.2, 0) is 6.42 Å². The minimum absolute atomic E-state index is 0.215. The van der Waals surface area contributed by atoms with Gasteiger partial charge in [0.05, 0.1) is 5.56 Å². The van der Waals surface area contributed by atoms with Crippen LogP contribution in [0.2, 0.25) is 0 Å². The monoisotopic (exact) mass is 258 g/mol. The van der Waals surface area contributed by atoms with E-state index in [2.05, 4.69) is 0 Å². The maximum atomic E-state index is 13.3. The molecule has 0 bridgehead atoms. The molecule has 2 aromatic carbocycles. The second-order valence-corrected chi connectivity index (χ2v) is 4.35. The first-order chi connectivity index (χ1) is 9.10. The van der Waals surface area contributed by atoms with Crippen LogP contribution in [0.4, 0.5) is 4.39 Å². The Kier molecular flexibility index (Phi) is 3.95. The van der Waals surface area contributed by atoms with Crippen molar-refractivity contribution in [3.05, 3.63) is 65.0 Å². The molecule has 0 saturated heterocycles. The number of carbonyl (C=O) groups is 1. The second-order valence-electron chi connectivity index (χ2n) is 4.35. The average molecular weight is 258 g/mol. The van der Waals surface area contributed by atoms with Crippen LogP contribution in [0, 0.1) is 12.7 Å². The van der Waals surface area contributed by atoms with Gasteiger partial charge in [0, 0.05) is 6.07 Å². The van der Waals surface area contributed by atoms with Gasteiger partial charge in [-0.2, -0.15) is 0 Å². The Balaban J connectivity index is 2.13. The third kappa shape index (κ3) is 3.19. The van der Waals surface area contributed by atoms with E-state index in [0.717, 1.165) is 12.0 Å². The highest BCUT2D eigenvalue weighted by Gasteiger charge is 2.09. The van der Waals surface area contributed by atoms with Crippen LogP contribution >= 0.6 is 0 Å². The Bertz CT molecular complexity index is 588. The van der Waals surface area contributed by atoms with Gasteiger partial charge in [-0.15, -0.1) is 0 Å². The van der Waals surface area contributed by atoms with Crippen molar-refractivity contribution in [1.29, 1.82) is 0 Å². The van der Waals surface area contributed by atoms with Gasteiger partial charge in [0.1, 0.15) is 11.6 Å². The number of rotatable bonds is 3. The summed E-state index contributed by atoms with van der Waals surface area (Å²) >= 11 is 0. The van der Waals surface area contributed by atoms with Crippen LogP contribution in [0.1, 0.15) is 28.4 Å². The van der Waals surface area contributed by atoms with Gasteiger partial charge >= 0.3 is 5.97 Å². The van der Waals surface area contributed by atoms with Gasteiger partial charge in [0.2, 0.25) is 0 Å². The molecule has 0 unspecified atom stereocenters. The largest absolute Gasteiger partial charge is 0.423 e. The first-order valence-electron chi connectivity index (χ1n) is 6.17. The number of aryl methyl sites for hydroxylation is 2. The number of halogens is 1. The fourth-order valence-corrected chi connectivity index (χ4v) is 1.68. The Labute approximate surface area is 111 Å². The van der Waals surface area contributed by atoms with Gasteiger partial charge in [-0.1, -0.05) is 25.1 Å². The Hall–Kier alpha value is -2.16. The summed E-state index contributed by atoms with van der Waals surface area (Å²) < 4.78 is 18.5. The summed E-state index contributed by atoms with van der Waals surface area (Å²) in [5, 5.41) is 0. The van der Waals surface area contributed by atoms with Crippen molar-refractivity contribution in [3.63, 3.8) is 0 Å². The highest BCUT2D eigenvalue weighted by atomic mass is 19.1. The van der Waals surface area contributed by atoms with E-state index in [-0.39, 0.29) is 11.6 Å². The van der Waals surface area contributed by atoms with E-state index in [1.165, 1.54) is 6.07 Å². The summed E-state index contributed by atoms with van der Waals surface area (Å²) in [6, 6.07) is 11.6. The molecule has 0 amide bonds. The summed E-state index contributed by atoms with van der Waals surface area (Å²) in [6.45, 7) is 3.70. The summed E-state index contributed by atoms with van der Waals surface area (Å²) in [5.74, 6) is -0.648. The summed E-state index contributed by atoms with van der Waals surface area (Å²) in [6.07, 6.45) is 0.915. The molecular weight excluding hydrogens is 243 g/mol. The quantitative estimate of drug-likeness (QED) is 0.616. The standard InChI is InChI=1S/C16H15FO2/c1-3-12-5-7-13(8-6-12)16(18)19-14-9-4-11(2)15(17)10-14/h4-10H,3H2,1-2H3. The Morgan fingerprint density at radius 1 is 1.16 bits per heavy atom. The molecule has 0 N–H and O–H groups in total. The van der Waals surface area contributed by atoms with E-state index >= 15 is 0 Å². The summed E-state index contributed by atoms with van der Waals surface area (Å²) in [5.41, 5.74) is 2.13.